The van der Waals surface area contributed by atoms with Gasteiger partial charge >= 0.3 is 0 Å². The summed E-state index contributed by atoms with van der Waals surface area (Å²) in [5.41, 5.74) is -0.558. The van der Waals surface area contributed by atoms with Crippen LogP contribution in [0.4, 0.5) is 0 Å². The molecule has 0 aromatic carbocycles. The number of hydrogen-bond donors (Lipinski definition) is 1. The Morgan fingerprint density at radius 1 is 1.37 bits per heavy atom. The molecule has 1 saturated heterocycles. The fourth-order valence-corrected chi connectivity index (χ4v) is 6.41. The summed E-state index contributed by atoms with van der Waals surface area (Å²) in [4.78, 5) is 22.3. The van der Waals surface area contributed by atoms with Gasteiger partial charge in [-0.05, 0) is 42.0 Å². The second-order valence-electron chi connectivity index (χ2n) is 9.58. The standard InChI is InChI=1S/C22H33N3OS/c1-14(2)8-19-20-18-11-24-22(19,9-16(18)13-25(20)12-15(3)4)21(26)23-10-17-6-5-7-27-17/h5-7,11,14-16,18-20H,8-10,12-13H2,1-4H3,(H,23,26)/t16-,18-,19+,20+,22+/m1/s1. The lowest BCUT2D eigenvalue weighted by molar-refractivity contribution is -0.132. The van der Waals surface area contributed by atoms with Gasteiger partial charge in [-0.25, -0.2) is 0 Å². The van der Waals surface area contributed by atoms with Crippen molar-refractivity contribution in [2.24, 2.45) is 34.6 Å². The second kappa shape index (κ2) is 7.32. The second-order valence-corrected chi connectivity index (χ2v) is 10.6. The van der Waals surface area contributed by atoms with Crippen LogP contribution in [0.3, 0.4) is 0 Å². The Bertz CT molecular complexity index is 698. The SMILES string of the molecule is CC(C)C[C@H]1[C@@H]2[C@@H]3C=N[C@@]1(C(=O)NCc1cccs1)C[C@@H]3CN2CC(C)C. The summed E-state index contributed by atoms with van der Waals surface area (Å²) < 4.78 is 0. The van der Waals surface area contributed by atoms with Crippen LogP contribution in [0.15, 0.2) is 22.5 Å². The van der Waals surface area contributed by atoms with Crippen molar-refractivity contribution in [2.45, 2.75) is 58.7 Å². The van der Waals surface area contributed by atoms with Gasteiger partial charge in [0.25, 0.3) is 0 Å². The van der Waals surface area contributed by atoms with E-state index in [9.17, 15) is 4.79 Å². The van der Waals surface area contributed by atoms with Crippen LogP contribution in [0.1, 0.15) is 45.4 Å². The molecular formula is C22H33N3OS. The van der Waals surface area contributed by atoms with Gasteiger partial charge in [-0.3, -0.25) is 14.7 Å². The number of thiophene rings is 1. The third-order valence-electron chi connectivity index (χ3n) is 6.63. The molecule has 4 nitrogen and oxygen atoms in total. The molecule has 4 heterocycles. The number of nitrogens with zero attached hydrogens (tertiary/aromatic N) is 2. The van der Waals surface area contributed by atoms with E-state index in [2.05, 4.69) is 55.6 Å². The molecule has 1 N–H and O–H groups in total. The van der Waals surface area contributed by atoms with Crippen molar-refractivity contribution < 1.29 is 4.79 Å². The van der Waals surface area contributed by atoms with Crippen molar-refractivity contribution in [1.82, 2.24) is 10.2 Å². The molecule has 4 bridgehead atoms. The summed E-state index contributed by atoms with van der Waals surface area (Å²) in [7, 11) is 0. The molecule has 5 atom stereocenters. The molecule has 2 fully saturated rings. The highest BCUT2D eigenvalue weighted by atomic mass is 32.1. The molecule has 148 valence electrons. The van der Waals surface area contributed by atoms with E-state index in [1.165, 1.54) is 4.88 Å². The fourth-order valence-electron chi connectivity index (χ4n) is 5.76. The first kappa shape index (κ1) is 19.1. The molecule has 0 unspecified atom stereocenters. The number of rotatable bonds is 7. The van der Waals surface area contributed by atoms with Crippen LogP contribution in [-0.4, -0.2) is 41.7 Å². The van der Waals surface area contributed by atoms with Gasteiger partial charge < -0.3 is 5.32 Å². The highest BCUT2D eigenvalue weighted by molar-refractivity contribution is 7.09. The van der Waals surface area contributed by atoms with Crippen LogP contribution in [0, 0.1) is 29.6 Å². The molecular weight excluding hydrogens is 354 g/mol. The average Bonchev–Trinajstić information content (AvgIpc) is 3.22. The van der Waals surface area contributed by atoms with E-state index in [-0.39, 0.29) is 5.91 Å². The molecule has 1 aromatic rings. The molecule has 1 saturated carbocycles. The van der Waals surface area contributed by atoms with Crippen LogP contribution in [-0.2, 0) is 11.3 Å². The Hall–Kier alpha value is -1.20. The van der Waals surface area contributed by atoms with Crippen molar-refractivity contribution in [3.63, 3.8) is 0 Å². The summed E-state index contributed by atoms with van der Waals surface area (Å²) >= 11 is 1.70. The van der Waals surface area contributed by atoms with Crippen LogP contribution in [0.25, 0.3) is 0 Å². The zero-order valence-corrected chi connectivity index (χ0v) is 17.8. The molecule has 0 radical (unpaired) electrons. The van der Waals surface area contributed by atoms with Gasteiger partial charge in [0, 0.05) is 42.1 Å². The van der Waals surface area contributed by atoms with Crippen LogP contribution < -0.4 is 5.32 Å². The fraction of sp³-hybridized carbons (Fsp3) is 0.727. The number of nitrogens with one attached hydrogen (secondary N) is 1. The van der Waals surface area contributed by atoms with Gasteiger partial charge in [0.05, 0.1) is 6.54 Å². The van der Waals surface area contributed by atoms with Crippen LogP contribution in [0.5, 0.6) is 0 Å². The Labute approximate surface area is 167 Å². The van der Waals surface area contributed by atoms with E-state index in [0.717, 1.165) is 25.9 Å². The predicted molar refractivity (Wildman–Crippen MR) is 112 cm³/mol. The van der Waals surface area contributed by atoms with Crippen LogP contribution >= 0.6 is 11.3 Å². The largest absolute Gasteiger partial charge is 0.349 e. The highest BCUT2D eigenvalue weighted by Crippen LogP contribution is 2.54. The first-order valence-electron chi connectivity index (χ1n) is 10.5. The first-order valence-corrected chi connectivity index (χ1v) is 11.4. The third-order valence-corrected chi connectivity index (χ3v) is 7.50. The average molecular weight is 388 g/mol. The smallest absolute Gasteiger partial charge is 0.248 e. The zero-order valence-electron chi connectivity index (χ0n) is 17.0. The lowest BCUT2D eigenvalue weighted by atomic mass is 9.59. The van der Waals surface area contributed by atoms with Crippen molar-refractivity contribution in [1.29, 1.82) is 0 Å². The van der Waals surface area contributed by atoms with Crippen molar-refractivity contribution in [2.75, 3.05) is 13.1 Å². The normalized spacial score (nSPS) is 34.7. The molecule has 4 aliphatic rings. The highest BCUT2D eigenvalue weighted by Gasteiger charge is 2.63. The Morgan fingerprint density at radius 2 is 2.19 bits per heavy atom. The molecule has 27 heavy (non-hydrogen) atoms. The lowest BCUT2D eigenvalue weighted by Crippen LogP contribution is -2.63. The van der Waals surface area contributed by atoms with E-state index in [1.54, 1.807) is 11.3 Å². The van der Waals surface area contributed by atoms with Gasteiger partial charge in [-0.15, -0.1) is 11.3 Å². The summed E-state index contributed by atoms with van der Waals surface area (Å²) in [6, 6.07) is 4.61. The summed E-state index contributed by atoms with van der Waals surface area (Å²) in [5, 5.41) is 5.30. The molecule has 1 amide bonds. The third kappa shape index (κ3) is 3.38. The number of hydrogen-bond acceptors (Lipinski definition) is 4. The Kier molecular flexibility index (Phi) is 5.19. The minimum absolute atomic E-state index is 0.150. The number of likely N-dealkylation sites (tertiary alicyclic amines) is 1. The van der Waals surface area contributed by atoms with Crippen molar-refractivity contribution in [3.05, 3.63) is 22.4 Å². The van der Waals surface area contributed by atoms with Gasteiger partial charge in [-0.2, -0.15) is 0 Å². The minimum atomic E-state index is -0.558. The maximum absolute atomic E-state index is 13.5. The van der Waals surface area contributed by atoms with E-state index in [1.807, 2.05) is 6.07 Å². The first-order chi connectivity index (χ1) is 12.9. The number of aliphatic imine (C=N–C) groups is 1. The van der Waals surface area contributed by atoms with Crippen LogP contribution in [0.2, 0.25) is 0 Å². The molecule has 1 aromatic heterocycles. The minimum Gasteiger partial charge on any atom is -0.349 e. The quantitative estimate of drug-likeness (QED) is 0.773. The lowest BCUT2D eigenvalue weighted by Gasteiger charge is -2.51. The Morgan fingerprint density at radius 3 is 2.85 bits per heavy atom. The molecule has 1 aliphatic carbocycles. The molecule has 0 spiro atoms. The van der Waals surface area contributed by atoms with Crippen molar-refractivity contribution in [3.8, 4) is 0 Å². The molecule has 5 rings (SSSR count). The molecule has 3 aliphatic heterocycles. The predicted octanol–water partition coefficient (Wildman–Crippen LogP) is 3.83. The summed E-state index contributed by atoms with van der Waals surface area (Å²) in [6.07, 6.45) is 4.15. The topological polar surface area (TPSA) is 44.7 Å². The van der Waals surface area contributed by atoms with E-state index in [4.69, 9.17) is 4.99 Å². The van der Waals surface area contributed by atoms with Gasteiger partial charge in [0.1, 0.15) is 5.54 Å². The number of carbonyl (C=O) groups excluding carboxylic acids is 1. The van der Waals surface area contributed by atoms with Gasteiger partial charge in [-0.1, -0.05) is 33.8 Å². The molecule has 5 heteroatoms. The zero-order chi connectivity index (χ0) is 19.2. The van der Waals surface area contributed by atoms with Crippen molar-refractivity contribution >= 4 is 23.5 Å². The number of amides is 1. The van der Waals surface area contributed by atoms with E-state index < -0.39 is 5.54 Å². The Balaban J connectivity index is 1.61. The van der Waals surface area contributed by atoms with E-state index in [0.29, 0.717) is 42.2 Å². The number of carbonyl (C=O) groups is 1. The summed E-state index contributed by atoms with van der Waals surface area (Å²) in [5.74, 6) is 2.84. The monoisotopic (exact) mass is 387 g/mol. The maximum Gasteiger partial charge on any atom is 0.248 e. The maximum atomic E-state index is 13.5. The van der Waals surface area contributed by atoms with Gasteiger partial charge in [0.15, 0.2) is 0 Å². The van der Waals surface area contributed by atoms with Gasteiger partial charge in [0.2, 0.25) is 5.91 Å². The van der Waals surface area contributed by atoms with E-state index >= 15 is 0 Å². The summed E-state index contributed by atoms with van der Waals surface area (Å²) in [6.45, 7) is 12.0.